The van der Waals surface area contributed by atoms with Gasteiger partial charge in [0.05, 0.1) is 13.2 Å². The Kier molecular flexibility index (Phi) is 5.20. The molecule has 0 amide bonds. The Morgan fingerprint density at radius 2 is 1.95 bits per heavy atom. The van der Waals surface area contributed by atoms with Crippen LogP contribution in [0.3, 0.4) is 0 Å². The molecule has 0 unspecified atom stereocenters. The molecule has 0 spiro atoms. The van der Waals surface area contributed by atoms with E-state index in [0.29, 0.717) is 6.61 Å². The summed E-state index contributed by atoms with van der Waals surface area (Å²) in [5, 5.41) is 10.8. The molecule has 3 heteroatoms. The first kappa shape index (κ1) is 17.7. The van der Waals surface area contributed by atoms with Crippen LogP contribution in [0.1, 0.15) is 39.2 Å². The zero-order chi connectivity index (χ0) is 16.4. The lowest BCUT2D eigenvalue weighted by atomic mass is 9.71. The highest BCUT2D eigenvalue weighted by Crippen LogP contribution is 2.50. The van der Waals surface area contributed by atoms with Gasteiger partial charge in [0.2, 0.25) is 0 Å². The molecule has 0 aliphatic carbocycles. The van der Waals surface area contributed by atoms with Crippen LogP contribution in [0, 0.1) is 10.8 Å². The number of hydrogen-bond acceptors (Lipinski definition) is 2. The minimum Gasteiger partial charge on any atom is -0.396 e. The number of alkyl halides is 1. The summed E-state index contributed by atoms with van der Waals surface area (Å²) in [6, 6.07) is 10.3. The molecular formula is C19H27BrO2. The minimum atomic E-state index is -0.359. The van der Waals surface area contributed by atoms with Crippen LogP contribution < -0.4 is 0 Å². The Labute approximate surface area is 142 Å². The van der Waals surface area contributed by atoms with Crippen LogP contribution in [-0.2, 0) is 10.3 Å². The van der Waals surface area contributed by atoms with Crippen LogP contribution in [0.25, 0.3) is 0 Å². The van der Waals surface area contributed by atoms with E-state index < -0.39 is 0 Å². The molecule has 2 atom stereocenters. The van der Waals surface area contributed by atoms with Gasteiger partial charge in [-0.3, -0.25) is 0 Å². The fourth-order valence-electron chi connectivity index (χ4n) is 3.08. The van der Waals surface area contributed by atoms with Crippen molar-refractivity contribution in [2.75, 3.05) is 18.5 Å². The average molecular weight is 367 g/mol. The Morgan fingerprint density at radius 3 is 2.45 bits per heavy atom. The van der Waals surface area contributed by atoms with Gasteiger partial charge in [0.15, 0.2) is 0 Å². The van der Waals surface area contributed by atoms with E-state index in [9.17, 15) is 5.11 Å². The third-order valence-corrected chi connectivity index (χ3v) is 5.72. The lowest BCUT2D eigenvalue weighted by Crippen LogP contribution is -2.32. The van der Waals surface area contributed by atoms with E-state index >= 15 is 0 Å². The van der Waals surface area contributed by atoms with Gasteiger partial charge in [0.1, 0.15) is 5.60 Å². The summed E-state index contributed by atoms with van der Waals surface area (Å²) in [5.41, 5.74) is 1.79. The normalized spacial score (nSPS) is 28.8. The smallest absolute Gasteiger partial charge is 0.103 e. The van der Waals surface area contributed by atoms with Crippen molar-refractivity contribution >= 4 is 15.9 Å². The fraction of sp³-hybridized carbons (Fsp3) is 0.579. The second kappa shape index (κ2) is 6.46. The quantitative estimate of drug-likeness (QED) is 0.606. The van der Waals surface area contributed by atoms with Crippen LogP contribution >= 0.6 is 15.9 Å². The standard InChI is InChI=1S/C19H27BrO2/c1-15(17(2,3)4)10-18(13-21)11-19(12-20,22-14-18)16-8-6-5-7-9-16/h5-9,21H,1,10-14H2,2-4H3/t18-,19+/m1/s1. The summed E-state index contributed by atoms with van der Waals surface area (Å²) in [6.45, 7) is 11.5. The van der Waals surface area contributed by atoms with E-state index in [4.69, 9.17) is 4.74 Å². The lowest BCUT2D eigenvalue weighted by molar-refractivity contribution is 0.0140. The number of aliphatic hydroxyl groups is 1. The molecule has 1 aromatic carbocycles. The first-order valence-electron chi connectivity index (χ1n) is 7.82. The minimum absolute atomic E-state index is 0.0502. The van der Waals surface area contributed by atoms with Gasteiger partial charge in [-0.05, 0) is 23.8 Å². The van der Waals surface area contributed by atoms with Crippen molar-refractivity contribution in [3.05, 3.63) is 48.0 Å². The number of ether oxygens (including phenoxy) is 1. The van der Waals surface area contributed by atoms with Crippen LogP contribution in [-0.4, -0.2) is 23.7 Å². The summed E-state index contributed by atoms with van der Waals surface area (Å²) in [5.74, 6) is 0. The first-order valence-corrected chi connectivity index (χ1v) is 8.94. The average Bonchev–Trinajstić information content (AvgIpc) is 2.88. The predicted octanol–water partition coefficient (Wildman–Crippen LogP) is 4.67. The molecule has 122 valence electrons. The Morgan fingerprint density at radius 1 is 1.32 bits per heavy atom. The highest BCUT2D eigenvalue weighted by molar-refractivity contribution is 9.09. The van der Waals surface area contributed by atoms with E-state index in [1.54, 1.807) is 0 Å². The van der Waals surface area contributed by atoms with Crippen molar-refractivity contribution in [3.8, 4) is 0 Å². The predicted molar refractivity (Wildman–Crippen MR) is 95.2 cm³/mol. The van der Waals surface area contributed by atoms with E-state index in [1.165, 1.54) is 11.1 Å². The molecule has 1 aliphatic heterocycles. The Balaban J connectivity index is 2.26. The van der Waals surface area contributed by atoms with E-state index in [2.05, 4.69) is 55.4 Å². The molecule has 0 saturated carbocycles. The van der Waals surface area contributed by atoms with Gasteiger partial charge >= 0.3 is 0 Å². The van der Waals surface area contributed by atoms with E-state index in [-0.39, 0.29) is 23.0 Å². The van der Waals surface area contributed by atoms with Crippen molar-refractivity contribution in [1.29, 1.82) is 0 Å². The number of halogens is 1. The third kappa shape index (κ3) is 3.47. The molecule has 1 heterocycles. The number of benzene rings is 1. The number of rotatable bonds is 5. The molecular weight excluding hydrogens is 340 g/mol. The fourth-order valence-corrected chi connectivity index (χ4v) is 3.76. The summed E-state index contributed by atoms with van der Waals surface area (Å²) >= 11 is 3.63. The SMILES string of the molecule is C=C(C[C@@]1(CO)CO[C@@](CBr)(c2ccccc2)C1)C(C)(C)C. The molecule has 0 radical (unpaired) electrons. The van der Waals surface area contributed by atoms with Gasteiger partial charge in [-0.1, -0.05) is 79.2 Å². The van der Waals surface area contributed by atoms with E-state index in [1.807, 2.05) is 18.2 Å². The number of aliphatic hydroxyl groups excluding tert-OH is 1. The summed E-state index contributed by atoms with van der Waals surface area (Å²) in [6.07, 6.45) is 1.61. The molecule has 1 saturated heterocycles. The van der Waals surface area contributed by atoms with Crippen LogP contribution in [0.2, 0.25) is 0 Å². The lowest BCUT2D eigenvalue weighted by Gasteiger charge is -2.33. The largest absolute Gasteiger partial charge is 0.396 e. The van der Waals surface area contributed by atoms with Crippen molar-refractivity contribution in [2.24, 2.45) is 10.8 Å². The van der Waals surface area contributed by atoms with Crippen LogP contribution in [0.5, 0.6) is 0 Å². The maximum atomic E-state index is 10.1. The summed E-state index contributed by atoms with van der Waals surface area (Å²) in [7, 11) is 0. The first-order chi connectivity index (χ1) is 10.3. The molecule has 2 rings (SSSR count). The Hall–Kier alpha value is -0.640. The topological polar surface area (TPSA) is 29.5 Å². The van der Waals surface area contributed by atoms with E-state index in [0.717, 1.165) is 18.2 Å². The molecule has 1 fully saturated rings. The number of hydrogen-bond donors (Lipinski definition) is 1. The van der Waals surface area contributed by atoms with Gasteiger partial charge in [-0.25, -0.2) is 0 Å². The zero-order valence-corrected chi connectivity index (χ0v) is 15.4. The molecule has 1 aliphatic rings. The molecule has 1 aromatic rings. The van der Waals surface area contributed by atoms with Crippen LogP contribution in [0.15, 0.2) is 42.5 Å². The zero-order valence-electron chi connectivity index (χ0n) is 13.9. The van der Waals surface area contributed by atoms with Crippen molar-refractivity contribution in [2.45, 2.75) is 39.2 Å². The third-order valence-electron chi connectivity index (χ3n) is 4.82. The van der Waals surface area contributed by atoms with Gasteiger partial charge in [-0.15, -0.1) is 0 Å². The highest BCUT2D eigenvalue weighted by Gasteiger charge is 2.50. The monoisotopic (exact) mass is 366 g/mol. The second-order valence-corrected chi connectivity index (χ2v) is 8.21. The van der Waals surface area contributed by atoms with Crippen molar-refractivity contribution < 1.29 is 9.84 Å². The maximum absolute atomic E-state index is 10.1. The molecule has 1 N–H and O–H groups in total. The Bertz CT molecular complexity index is 520. The molecule has 0 aromatic heterocycles. The van der Waals surface area contributed by atoms with Gasteiger partial charge in [-0.2, -0.15) is 0 Å². The van der Waals surface area contributed by atoms with Gasteiger partial charge in [0.25, 0.3) is 0 Å². The molecule has 0 bridgehead atoms. The van der Waals surface area contributed by atoms with Gasteiger partial charge in [0, 0.05) is 10.7 Å². The number of allylic oxidation sites excluding steroid dienone is 1. The summed E-state index contributed by atoms with van der Waals surface area (Å²) in [4.78, 5) is 0. The maximum Gasteiger partial charge on any atom is 0.103 e. The highest BCUT2D eigenvalue weighted by atomic mass is 79.9. The van der Waals surface area contributed by atoms with Gasteiger partial charge < -0.3 is 9.84 Å². The molecule has 22 heavy (non-hydrogen) atoms. The van der Waals surface area contributed by atoms with Crippen molar-refractivity contribution in [3.63, 3.8) is 0 Å². The molecule has 2 nitrogen and oxygen atoms in total. The van der Waals surface area contributed by atoms with Crippen LogP contribution in [0.4, 0.5) is 0 Å². The summed E-state index contributed by atoms with van der Waals surface area (Å²) < 4.78 is 6.25. The van der Waals surface area contributed by atoms with Crippen molar-refractivity contribution in [1.82, 2.24) is 0 Å². The second-order valence-electron chi connectivity index (χ2n) is 7.65.